The normalized spacial score (nSPS) is 16.2. The number of nitrogens with zero attached hydrogens (tertiary/aromatic N) is 6. The molecule has 0 bridgehead atoms. The second-order valence-corrected chi connectivity index (χ2v) is 7.96. The number of methoxy groups -OCH3 is 1. The van der Waals surface area contributed by atoms with Crippen molar-refractivity contribution in [1.29, 1.82) is 0 Å². The van der Waals surface area contributed by atoms with Gasteiger partial charge in [0.25, 0.3) is 0 Å². The summed E-state index contributed by atoms with van der Waals surface area (Å²) in [6.45, 7) is 0.698. The number of rotatable bonds is 4. The lowest BCUT2D eigenvalue weighted by Crippen LogP contribution is -2.24. The standard InChI is InChI=1S/C23H19F2N7O/c1-33-21-10-17-18(12-26-21)29-22(28-17)15-11-27-32-8-6-20(30-23(15)32)31-7-2-3-19(31)14-9-13(24)4-5-16(14)25/h4-6,8-12,19H,2-3,7H2,1H3,(H,28,29)/t19-/m1/s1. The number of H-pyrrole nitrogens is 1. The van der Waals surface area contributed by atoms with E-state index in [4.69, 9.17) is 9.72 Å². The van der Waals surface area contributed by atoms with E-state index in [0.29, 0.717) is 40.8 Å². The Morgan fingerprint density at radius 2 is 2.03 bits per heavy atom. The zero-order chi connectivity index (χ0) is 22.5. The average molecular weight is 447 g/mol. The Morgan fingerprint density at radius 3 is 2.91 bits per heavy atom. The lowest BCUT2D eigenvalue weighted by atomic mass is 10.0. The van der Waals surface area contributed by atoms with Crippen LogP contribution >= 0.6 is 0 Å². The number of aromatic amines is 1. The Balaban J connectivity index is 1.42. The maximum Gasteiger partial charge on any atom is 0.215 e. The minimum atomic E-state index is -0.448. The van der Waals surface area contributed by atoms with Gasteiger partial charge in [-0.2, -0.15) is 5.10 Å². The van der Waals surface area contributed by atoms with Crippen LogP contribution in [0.4, 0.5) is 14.6 Å². The first kappa shape index (κ1) is 19.6. The molecule has 33 heavy (non-hydrogen) atoms. The Hall–Kier alpha value is -4.08. The summed E-state index contributed by atoms with van der Waals surface area (Å²) in [6, 6.07) is 6.90. The van der Waals surface area contributed by atoms with Crippen molar-refractivity contribution >= 4 is 22.5 Å². The van der Waals surface area contributed by atoms with E-state index >= 15 is 0 Å². The highest BCUT2D eigenvalue weighted by molar-refractivity contribution is 5.83. The van der Waals surface area contributed by atoms with Gasteiger partial charge < -0.3 is 14.6 Å². The van der Waals surface area contributed by atoms with Crippen LogP contribution in [0.2, 0.25) is 0 Å². The van der Waals surface area contributed by atoms with E-state index in [1.54, 1.807) is 30.1 Å². The molecule has 166 valence electrons. The quantitative estimate of drug-likeness (QED) is 0.442. The molecule has 0 unspecified atom stereocenters. The van der Waals surface area contributed by atoms with Crippen molar-refractivity contribution in [3.8, 4) is 17.3 Å². The van der Waals surface area contributed by atoms with E-state index in [2.05, 4.69) is 20.1 Å². The highest BCUT2D eigenvalue weighted by atomic mass is 19.1. The number of benzene rings is 1. The molecule has 1 saturated heterocycles. The first-order valence-electron chi connectivity index (χ1n) is 10.6. The molecular weight excluding hydrogens is 428 g/mol. The van der Waals surface area contributed by atoms with Crippen LogP contribution in [0, 0.1) is 11.6 Å². The van der Waals surface area contributed by atoms with Gasteiger partial charge in [0.05, 0.1) is 42.1 Å². The van der Waals surface area contributed by atoms with Crippen molar-refractivity contribution in [2.45, 2.75) is 18.9 Å². The molecule has 1 atom stereocenters. The predicted octanol–water partition coefficient (Wildman–Crippen LogP) is 4.30. The Labute approximate surface area is 186 Å². The number of nitrogens with one attached hydrogen (secondary N) is 1. The fourth-order valence-corrected chi connectivity index (χ4v) is 4.45. The van der Waals surface area contributed by atoms with Crippen molar-refractivity contribution in [2.24, 2.45) is 0 Å². The first-order chi connectivity index (χ1) is 16.1. The van der Waals surface area contributed by atoms with Crippen LogP contribution in [0.15, 0.2) is 48.9 Å². The molecule has 8 nitrogen and oxygen atoms in total. The van der Waals surface area contributed by atoms with Crippen LogP contribution in [0.25, 0.3) is 28.1 Å². The van der Waals surface area contributed by atoms with Gasteiger partial charge in [-0.1, -0.05) is 0 Å². The molecular formula is C23H19F2N7O. The number of fused-ring (bicyclic) bond motifs is 2. The number of halogens is 2. The third-order valence-corrected chi connectivity index (χ3v) is 6.03. The summed E-state index contributed by atoms with van der Waals surface area (Å²) in [5.41, 5.74) is 3.16. The van der Waals surface area contributed by atoms with Gasteiger partial charge in [0, 0.05) is 24.4 Å². The predicted molar refractivity (Wildman–Crippen MR) is 118 cm³/mol. The molecule has 1 N–H and O–H groups in total. The van der Waals surface area contributed by atoms with Crippen molar-refractivity contribution in [3.05, 3.63) is 66.1 Å². The molecule has 0 aliphatic carbocycles. The monoisotopic (exact) mass is 447 g/mol. The molecule has 10 heteroatoms. The summed E-state index contributed by atoms with van der Waals surface area (Å²) < 4.78 is 35.2. The van der Waals surface area contributed by atoms with Crippen molar-refractivity contribution < 1.29 is 13.5 Å². The van der Waals surface area contributed by atoms with E-state index in [-0.39, 0.29) is 6.04 Å². The fourth-order valence-electron chi connectivity index (χ4n) is 4.45. The lowest BCUT2D eigenvalue weighted by molar-refractivity contribution is 0.398. The fraction of sp³-hybridized carbons (Fsp3) is 0.217. The number of hydrogen-bond donors (Lipinski definition) is 1. The van der Waals surface area contributed by atoms with Crippen molar-refractivity contribution in [1.82, 2.24) is 29.5 Å². The number of anilines is 1. The van der Waals surface area contributed by atoms with Gasteiger partial charge in [0.1, 0.15) is 23.3 Å². The molecule has 4 aromatic heterocycles. The van der Waals surface area contributed by atoms with Crippen LogP contribution in [0.3, 0.4) is 0 Å². The third-order valence-electron chi connectivity index (χ3n) is 6.03. The Kier molecular flexibility index (Phi) is 4.46. The van der Waals surface area contributed by atoms with Gasteiger partial charge in [0.15, 0.2) is 5.65 Å². The largest absolute Gasteiger partial charge is 0.481 e. The molecule has 1 aliphatic heterocycles. The average Bonchev–Trinajstić information content (AvgIpc) is 3.57. The first-order valence-corrected chi connectivity index (χ1v) is 10.6. The number of hydrogen-bond acceptors (Lipinski definition) is 6. The maximum absolute atomic E-state index is 14.5. The number of aromatic nitrogens is 6. The third kappa shape index (κ3) is 3.25. The van der Waals surface area contributed by atoms with E-state index < -0.39 is 11.6 Å². The molecule has 1 fully saturated rings. The molecule has 6 rings (SSSR count). The molecule has 5 heterocycles. The molecule has 0 amide bonds. The van der Waals surface area contributed by atoms with Gasteiger partial charge in [-0.15, -0.1) is 0 Å². The van der Waals surface area contributed by atoms with Crippen molar-refractivity contribution in [3.63, 3.8) is 0 Å². The van der Waals surface area contributed by atoms with Crippen LogP contribution in [-0.4, -0.2) is 43.2 Å². The second kappa shape index (κ2) is 7.51. The molecule has 5 aromatic rings. The molecule has 1 aliphatic rings. The Bertz CT molecular complexity index is 1500. The van der Waals surface area contributed by atoms with Gasteiger partial charge in [-0.3, -0.25) is 0 Å². The second-order valence-electron chi connectivity index (χ2n) is 7.96. The van der Waals surface area contributed by atoms with Gasteiger partial charge >= 0.3 is 0 Å². The van der Waals surface area contributed by atoms with E-state index in [1.165, 1.54) is 12.1 Å². The van der Waals surface area contributed by atoms with Crippen LogP contribution in [0.5, 0.6) is 5.88 Å². The minimum absolute atomic E-state index is 0.285. The zero-order valence-corrected chi connectivity index (χ0v) is 17.7. The summed E-state index contributed by atoms with van der Waals surface area (Å²) in [5, 5.41) is 4.40. The highest BCUT2D eigenvalue weighted by Crippen LogP contribution is 2.37. The van der Waals surface area contributed by atoms with Crippen LogP contribution in [-0.2, 0) is 0 Å². The zero-order valence-electron chi connectivity index (χ0n) is 17.7. The number of pyridine rings is 1. The minimum Gasteiger partial charge on any atom is -0.481 e. The van der Waals surface area contributed by atoms with Crippen LogP contribution in [0.1, 0.15) is 24.4 Å². The number of ether oxygens (including phenoxy) is 1. The lowest BCUT2D eigenvalue weighted by Gasteiger charge is -2.26. The summed E-state index contributed by atoms with van der Waals surface area (Å²) in [4.78, 5) is 19.0. The van der Waals surface area contributed by atoms with E-state index in [0.717, 1.165) is 30.0 Å². The summed E-state index contributed by atoms with van der Waals surface area (Å²) in [7, 11) is 1.56. The summed E-state index contributed by atoms with van der Waals surface area (Å²) in [5.74, 6) is 0.899. The Morgan fingerprint density at radius 1 is 1.12 bits per heavy atom. The molecule has 0 saturated carbocycles. The summed E-state index contributed by atoms with van der Waals surface area (Å²) in [6.07, 6.45) is 6.75. The number of imidazole rings is 1. The molecule has 0 spiro atoms. The summed E-state index contributed by atoms with van der Waals surface area (Å²) >= 11 is 0. The SMILES string of the molecule is COc1cc2nc(-c3cnn4ccc(N5CCC[C@@H]5c5cc(F)ccc5F)nc34)[nH]c2cn1. The smallest absolute Gasteiger partial charge is 0.215 e. The van der Waals surface area contributed by atoms with E-state index in [9.17, 15) is 8.78 Å². The maximum atomic E-state index is 14.5. The van der Waals surface area contributed by atoms with Gasteiger partial charge in [0.2, 0.25) is 5.88 Å². The topological polar surface area (TPSA) is 84.2 Å². The van der Waals surface area contributed by atoms with E-state index in [1.807, 2.05) is 17.2 Å². The highest BCUT2D eigenvalue weighted by Gasteiger charge is 2.30. The van der Waals surface area contributed by atoms with Gasteiger partial charge in [-0.25, -0.2) is 28.2 Å². The van der Waals surface area contributed by atoms with Gasteiger partial charge in [-0.05, 0) is 37.1 Å². The van der Waals surface area contributed by atoms with Crippen molar-refractivity contribution in [2.75, 3.05) is 18.6 Å². The molecule has 1 aromatic carbocycles. The molecule has 0 radical (unpaired) electrons. The van der Waals surface area contributed by atoms with Crippen LogP contribution < -0.4 is 9.64 Å².